The van der Waals surface area contributed by atoms with Gasteiger partial charge in [0.1, 0.15) is 5.41 Å². The van der Waals surface area contributed by atoms with Crippen LogP contribution < -0.4 is 5.73 Å². The van der Waals surface area contributed by atoms with E-state index in [4.69, 9.17) is 10.9 Å². The van der Waals surface area contributed by atoms with Gasteiger partial charge in [-0.2, -0.15) is 0 Å². The quantitative estimate of drug-likeness (QED) is 0.307. The van der Waals surface area contributed by atoms with Crippen LogP contribution >= 0.6 is 0 Å². The Balaban J connectivity index is 2.83. The Morgan fingerprint density at radius 2 is 2.06 bits per heavy atom. The van der Waals surface area contributed by atoms with Gasteiger partial charge >= 0.3 is 0 Å². The van der Waals surface area contributed by atoms with Crippen molar-refractivity contribution in [1.82, 2.24) is 9.80 Å². The van der Waals surface area contributed by atoms with E-state index in [1.807, 2.05) is 14.0 Å². The number of nitrogens with two attached hydrogens (primary N) is 1. The Kier molecular flexibility index (Phi) is 3.98. The topological polar surface area (TPSA) is 82.2 Å². The number of carbonyl (C=O) groups excluding carboxylic acids is 1. The number of hydrogen-bond acceptors (Lipinski definition) is 4. The van der Waals surface area contributed by atoms with E-state index >= 15 is 0 Å². The molecular weight excluding hydrogens is 220 g/mol. The van der Waals surface area contributed by atoms with Crippen molar-refractivity contribution < 1.29 is 10.0 Å². The van der Waals surface area contributed by atoms with Crippen LogP contribution in [0.3, 0.4) is 0 Å². The summed E-state index contributed by atoms with van der Waals surface area (Å²) in [5.41, 5.74) is 4.61. The average Bonchev–Trinajstić information content (AvgIpc) is 2.27. The number of nitrogens with zero attached hydrogens (tertiary/aromatic N) is 3. The van der Waals surface area contributed by atoms with Crippen molar-refractivity contribution in [3.63, 3.8) is 0 Å². The molecule has 1 atom stereocenters. The van der Waals surface area contributed by atoms with E-state index in [0.717, 1.165) is 13.1 Å². The molecule has 1 aliphatic heterocycles. The highest BCUT2D eigenvalue weighted by Gasteiger charge is 2.39. The fraction of sp³-hybridized carbons (Fsp3) is 0.818. The van der Waals surface area contributed by atoms with E-state index in [2.05, 4.69) is 10.1 Å². The van der Waals surface area contributed by atoms with Gasteiger partial charge in [-0.05, 0) is 27.8 Å². The summed E-state index contributed by atoms with van der Waals surface area (Å²) < 4.78 is 0. The lowest BCUT2D eigenvalue weighted by atomic mass is 9.89. The Morgan fingerprint density at radius 3 is 2.53 bits per heavy atom. The second kappa shape index (κ2) is 4.91. The molecule has 1 heterocycles. The Hall–Kier alpha value is -1.30. The van der Waals surface area contributed by atoms with Crippen LogP contribution in [-0.4, -0.2) is 59.5 Å². The van der Waals surface area contributed by atoms with Gasteiger partial charge in [0.2, 0.25) is 5.91 Å². The largest absolute Gasteiger partial charge is 0.409 e. The summed E-state index contributed by atoms with van der Waals surface area (Å²) in [6, 6.07) is 0.145. The third-order valence-corrected chi connectivity index (χ3v) is 3.37. The molecule has 1 aliphatic rings. The van der Waals surface area contributed by atoms with Crippen molar-refractivity contribution in [3.05, 3.63) is 0 Å². The van der Waals surface area contributed by atoms with Crippen LogP contribution in [0.1, 0.15) is 20.8 Å². The minimum absolute atomic E-state index is 0.0476. The lowest BCUT2D eigenvalue weighted by Crippen LogP contribution is -2.58. The number of rotatable bonds is 2. The summed E-state index contributed by atoms with van der Waals surface area (Å²) in [5, 5.41) is 11.7. The summed E-state index contributed by atoms with van der Waals surface area (Å²) in [4.78, 5) is 16.4. The smallest absolute Gasteiger partial charge is 0.236 e. The molecule has 0 saturated carbocycles. The van der Waals surface area contributed by atoms with Crippen LogP contribution in [0.5, 0.6) is 0 Å². The Bertz CT molecular complexity index is 327. The number of hydrogen-bond donors (Lipinski definition) is 2. The zero-order chi connectivity index (χ0) is 13.2. The lowest BCUT2D eigenvalue weighted by Gasteiger charge is -2.41. The molecule has 1 rings (SSSR count). The van der Waals surface area contributed by atoms with E-state index in [9.17, 15) is 4.79 Å². The molecule has 0 spiro atoms. The van der Waals surface area contributed by atoms with Gasteiger partial charge in [-0.15, -0.1) is 0 Å². The van der Waals surface area contributed by atoms with Gasteiger partial charge in [-0.25, -0.2) is 0 Å². The highest BCUT2D eigenvalue weighted by atomic mass is 16.4. The van der Waals surface area contributed by atoms with Gasteiger partial charge in [0, 0.05) is 25.7 Å². The first-order valence-corrected chi connectivity index (χ1v) is 5.78. The molecule has 0 aliphatic carbocycles. The molecule has 98 valence electrons. The minimum Gasteiger partial charge on any atom is -0.409 e. The highest BCUT2D eigenvalue weighted by Crippen LogP contribution is 2.22. The molecule has 0 aromatic carbocycles. The number of oxime groups is 1. The number of likely N-dealkylation sites (N-methyl/N-ethyl adjacent to an activating group) is 1. The summed E-state index contributed by atoms with van der Waals surface area (Å²) in [6.45, 7) is 7.74. The van der Waals surface area contributed by atoms with Crippen LogP contribution in [0.2, 0.25) is 0 Å². The molecule has 17 heavy (non-hydrogen) atoms. The molecule has 1 unspecified atom stereocenters. The maximum atomic E-state index is 12.4. The van der Waals surface area contributed by atoms with Gasteiger partial charge in [0.15, 0.2) is 5.84 Å². The molecule has 0 aromatic rings. The first-order valence-electron chi connectivity index (χ1n) is 5.78. The summed E-state index contributed by atoms with van der Waals surface area (Å²) in [6.07, 6.45) is 0. The summed E-state index contributed by atoms with van der Waals surface area (Å²) in [7, 11) is 2.03. The first-order chi connectivity index (χ1) is 7.80. The van der Waals surface area contributed by atoms with Gasteiger partial charge in [-0.3, -0.25) is 4.79 Å². The summed E-state index contributed by atoms with van der Waals surface area (Å²) >= 11 is 0. The molecule has 1 amide bonds. The van der Waals surface area contributed by atoms with E-state index in [1.165, 1.54) is 0 Å². The number of carbonyl (C=O) groups is 1. The molecule has 0 bridgehead atoms. The Morgan fingerprint density at radius 1 is 1.47 bits per heavy atom. The van der Waals surface area contributed by atoms with Gasteiger partial charge in [0.25, 0.3) is 0 Å². The van der Waals surface area contributed by atoms with Gasteiger partial charge in [0.05, 0.1) is 0 Å². The lowest BCUT2D eigenvalue weighted by molar-refractivity contribution is -0.141. The third kappa shape index (κ3) is 2.69. The maximum Gasteiger partial charge on any atom is 0.236 e. The van der Waals surface area contributed by atoms with Crippen molar-refractivity contribution in [2.24, 2.45) is 16.3 Å². The first kappa shape index (κ1) is 13.8. The highest BCUT2D eigenvalue weighted by molar-refractivity contribution is 6.06. The zero-order valence-corrected chi connectivity index (χ0v) is 11.0. The van der Waals surface area contributed by atoms with E-state index < -0.39 is 5.41 Å². The summed E-state index contributed by atoms with van der Waals surface area (Å²) in [5.74, 6) is -0.137. The SMILES string of the molecule is CC1CN(C)CCN1C(=O)C(C)(C)C(N)=NO. The van der Waals surface area contributed by atoms with Gasteiger partial charge < -0.3 is 20.7 Å². The van der Waals surface area contributed by atoms with E-state index in [0.29, 0.717) is 6.54 Å². The fourth-order valence-corrected chi connectivity index (χ4v) is 2.04. The number of piperazine rings is 1. The van der Waals surface area contributed by atoms with Crippen LogP contribution in [-0.2, 0) is 4.79 Å². The van der Waals surface area contributed by atoms with Crippen LogP contribution in [0.25, 0.3) is 0 Å². The van der Waals surface area contributed by atoms with E-state index in [-0.39, 0.29) is 17.8 Å². The molecular formula is C11H22N4O2. The predicted octanol–water partition coefficient (Wildman–Crippen LogP) is -0.0785. The third-order valence-electron chi connectivity index (χ3n) is 3.37. The van der Waals surface area contributed by atoms with Crippen molar-refractivity contribution >= 4 is 11.7 Å². The second-order valence-corrected chi connectivity index (χ2v) is 5.22. The number of amidine groups is 1. The van der Waals surface area contributed by atoms with Crippen molar-refractivity contribution in [2.45, 2.75) is 26.8 Å². The van der Waals surface area contributed by atoms with Crippen molar-refractivity contribution in [3.8, 4) is 0 Å². The molecule has 6 heteroatoms. The fourth-order valence-electron chi connectivity index (χ4n) is 2.04. The van der Waals surface area contributed by atoms with Crippen LogP contribution in [0.4, 0.5) is 0 Å². The van der Waals surface area contributed by atoms with E-state index in [1.54, 1.807) is 18.7 Å². The predicted molar refractivity (Wildman–Crippen MR) is 65.9 cm³/mol. The normalized spacial score (nSPS) is 23.9. The molecule has 3 N–H and O–H groups in total. The van der Waals surface area contributed by atoms with Crippen LogP contribution in [0, 0.1) is 5.41 Å². The minimum atomic E-state index is -0.959. The monoisotopic (exact) mass is 242 g/mol. The zero-order valence-electron chi connectivity index (χ0n) is 11.0. The molecule has 1 fully saturated rings. The second-order valence-electron chi connectivity index (χ2n) is 5.22. The molecule has 6 nitrogen and oxygen atoms in total. The maximum absolute atomic E-state index is 12.4. The molecule has 0 radical (unpaired) electrons. The Labute approximate surface area is 102 Å². The standard InChI is InChI=1S/C11H22N4O2/c1-8-7-14(4)5-6-15(8)10(16)11(2,3)9(12)13-17/h8,17H,5-7H2,1-4H3,(H2,12,13). The van der Waals surface area contributed by atoms with Gasteiger partial charge in [-0.1, -0.05) is 5.16 Å². The van der Waals surface area contributed by atoms with Crippen LogP contribution in [0.15, 0.2) is 5.16 Å². The van der Waals surface area contributed by atoms with Crippen molar-refractivity contribution in [1.29, 1.82) is 0 Å². The number of amides is 1. The molecule has 1 saturated heterocycles. The molecule has 0 aromatic heterocycles. The average molecular weight is 242 g/mol. The van der Waals surface area contributed by atoms with Crippen molar-refractivity contribution in [2.75, 3.05) is 26.7 Å².